The lowest BCUT2D eigenvalue weighted by Gasteiger charge is -2.21. The molecular formula is C7H11N3O3. The maximum Gasteiger partial charge on any atom is 0.307 e. The molecule has 0 amide bonds. The highest BCUT2D eigenvalue weighted by molar-refractivity contribution is 5.21. The Morgan fingerprint density at radius 1 is 1.77 bits per heavy atom. The van der Waals surface area contributed by atoms with Crippen molar-refractivity contribution in [3.8, 4) is 0 Å². The van der Waals surface area contributed by atoms with Crippen LogP contribution in [0.4, 0.5) is 5.69 Å². The highest BCUT2D eigenvalue weighted by Gasteiger charge is 2.22. The van der Waals surface area contributed by atoms with Gasteiger partial charge in [0.15, 0.2) is 0 Å². The number of hydrogen-bond acceptors (Lipinski definition) is 4. The number of nitrogens with zero attached hydrogens (tertiary/aromatic N) is 3. The molecule has 0 aliphatic heterocycles. The summed E-state index contributed by atoms with van der Waals surface area (Å²) in [6.45, 7) is 3.36. The van der Waals surface area contributed by atoms with E-state index in [9.17, 15) is 10.1 Å². The largest absolute Gasteiger partial charge is 0.394 e. The van der Waals surface area contributed by atoms with Crippen LogP contribution < -0.4 is 0 Å². The first-order valence-corrected chi connectivity index (χ1v) is 3.78. The van der Waals surface area contributed by atoms with E-state index in [2.05, 4.69) is 5.10 Å². The van der Waals surface area contributed by atoms with Gasteiger partial charge in [0.1, 0.15) is 12.4 Å². The molecule has 72 valence electrons. The Balaban J connectivity index is 2.98. The van der Waals surface area contributed by atoms with Crippen LogP contribution in [-0.4, -0.2) is 26.4 Å². The van der Waals surface area contributed by atoms with Gasteiger partial charge < -0.3 is 5.11 Å². The second-order valence-electron chi connectivity index (χ2n) is 3.37. The summed E-state index contributed by atoms with van der Waals surface area (Å²) in [6, 6.07) is 0. The molecule has 13 heavy (non-hydrogen) atoms. The first-order chi connectivity index (χ1) is 5.97. The Morgan fingerprint density at radius 3 is 2.77 bits per heavy atom. The van der Waals surface area contributed by atoms with E-state index in [1.165, 1.54) is 10.9 Å². The zero-order chi connectivity index (χ0) is 10.1. The van der Waals surface area contributed by atoms with Gasteiger partial charge in [-0.2, -0.15) is 5.10 Å². The van der Waals surface area contributed by atoms with Crippen LogP contribution in [0.25, 0.3) is 0 Å². The van der Waals surface area contributed by atoms with E-state index in [0.29, 0.717) is 0 Å². The molecule has 0 bridgehead atoms. The van der Waals surface area contributed by atoms with Gasteiger partial charge >= 0.3 is 5.69 Å². The molecule has 1 rings (SSSR count). The van der Waals surface area contributed by atoms with Gasteiger partial charge in [-0.25, -0.2) is 0 Å². The van der Waals surface area contributed by atoms with Crippen LogP contribution in [0.3, 0.4) is 0 Å². The van der Waals surface area contributed by atoms with Crippen molar-refractivity contribution in [1.82, 2.24) is 9.78 Å². The lowest BCUT2D eigenvalue weighted by atomic mass is 10.1. The molecule has 0 saturated heterocycles. The molecule has 0 aliphatic carbocycles. The molecule has 1 aromatic heterocycles. The monoisotopic (exact) mass is 185 g/mol. The normalized spacial score (nSPS) is 11.6. The Labute approximate surface area is 74.9 Å². The molecule has 0 saturated carbocycles. The van der Waals surface area contributed by atoms with Gasteiger partial charge in [-0.05, 0) is 13.8 Å². The average molecular weight is 185 g/mol. The smallest absolute Gasteiger partial charge is 0.307 e. The van der Waals surface area contributed by atoms with Crippen molar-refractivity contribution < 1.29 is 10.0 Å². The predicted octanol–water partition coefficient (Wildman–Crippen LogP) is 0.519. The maximum absolute atomic E-state index is 10.3. The lowest BCUT2D eigenvalue weighted by molar-refractivity contribution is -0.385. The fourth-order valence-corrected chi connectivity index (χ4v) is 0.811. The summed E-state index contributed by atoms with van der Waals surface area (Å²) >= 11 is 0. The standard InChI is InChI=1S/C7H11N3O3/c1-7(2,5-11)9-4-6(3-8-9)10(12)13/h3-4,11H,5H2,1-2H3. The molecule has 0 spiro atoms. The third kappa shape index (κ3) is 1.83. The zero-order valence-corrected chi connectivity index (χ0v) is 7.47. The first-order valence-electron chi connectivity index (χ1n) is 3.78. The zero-order valence-electron chi connectivity index (χ0n) is 7.47. The van der Waals surface area contributed by atoms with Crippen LogP contribution in [0.5, 0.6) is 0 Å². The van der Waals surface area contributed by atoms with Gasteiger partial charge in [0.25, 0.3) is 0 Å². The van der Waals surface area contributed by atoms with Crippen LogP contribution in [0.1, 0.15) is 13.8 Å². The summed E-state index contributed by atoms with van der Waals surface area (Å²) in [6.07, 6.45) is 2.47. The van der Waals surface area contributed by atoms with Gasteiger partial charge in [0.2, 0.25) is 0 Å². The van der Waals surface area contributed by atoms with Gasteiger partial charge in [-0.15, -0.1) is 0 Å². The maximum atomic E-state index is 10.3. The molecule has 0 unspecified atom stereocenters. The minimum atomic E-state index is -0.603. The van der Waals surface area contributed by atoms with E-state index >= 15 is 0 Å². The van der Waals surface area contributed by atoms with Crippen molar-refractivity contribution in [2.75, 3.05) is 6.61 Å². The van der Waals surface area contributed by atoms with Crippen molar-refractivity contribution in [2.45, 2.75) is 19.4 Å². The molecule has 0 atom stereocenters. The van der Waals surface area contributed by atoms with E-state index in [0.717, 1.165) is 6.20 Å². The SMILES string of the molecule is CC(C)(CO)n1cc([N+](=O)[O-])cn1. The summed E-state index contributed by atoms with van der Waals surface area (Å²) in [5, 5.41) is 23.1. The Morgan fingerprint density at radius 2 is 2.38 bits per heavy atom. The minimum absolute atomic E-state index is 0.0680. The summed E-state index contributed by atoms with van der Waals surface area (Å²) in [5.41, 5.74) is -0.671. The number of rotatable bonds is 3. The van der Waals surface area contributed by atoms with Crippen molar-refractivity contribution in [3.05, 3.63) is 22.5 Å². The molecule has 0 aliphatic rings. The molecule has 0 radical (unpaired) electrons. The summed E-state index contributed by atoms with van der Waals surface area (Å²) < 4.78 is 1.38. The lowest BCUT2D eigenvalue weighted by Crippen LogP contribution is -2.30. The van der Waals surface area contributed by atoms with E-state index in [-0.39, 0.29) is 12.3 Å². The van der Waals surface area contributed by atoms with Crippen LogP contribution >= 0.6 is 0 Å². The van der Waals surface area contributed by atoms with Crippen molar-refractivity contribution in [3.63, 3.8) is 0 Å². The highest BCUT2D eigenvalue weighted by Crippen LogP contribution is 2.17. The van der Waals surface area contributed by atoms with E-state index in [1.807, 2.05) is 0 Å². The molecule has 1 N–H and O–H groups in total. The topological polar surface area (TPSA) is 81.2 Å². The second kappa shape index (κ2) is 3.14. The van der Waals surface area contributed by atoms with Gasteiger partial charge in [0.05, 0.1) is 17.1 Å². The number of aliphatic hydroxyl groups is 1. The average Bonchev–Trinajstić information content (AvgIpc) is 2.52. The van der Waals surface area contributed by atoms with Gasteiger partial charge in [0, 0.05) is 0 Å². The van der Waals surface area contributed by atoms with Crippen LogP contribution in [0.2, 0.25) is 0 Å². The molecule has 6 heteroatoms. The number of aromatic nitrogens is 2. The number of hydrogen-bond donors (Lipinski definition) is 1. The van der Waals surface area contributed by atoms with Crippen molar-refractivity contribution >= 4 is 5.69 Å². The Kier molecular flexibility index (Phi) is 2.33. The minimum Gasteiger partial charge on any atom is -0.394 e. The third-order valence-corrected chi connectivity index (χ3v) is 1.79. The quantitative estimate of drug-likeness (QED) is 0.549. The summed E-state index contributed by atoms with van der Waals surface area (Å²) in [7, 11) is 0. The van der Waals surface area contributed by atoms with Crippen LogP contribution in [0.15, 0.2) is 12.4 Å². The van der Waals surface area contributed by atoms with E-state index < -0.39 is 10.5 Å². The van der Waals surface area contributed by atoms with Crippen LogP contribution in [0, 0.1) is 10.1 Å². The number of nitro groups is 1. The summed E-state index contributed by atoms with van der Waals surface area (Å²) in [4.78, 5) is 9.80. The number of aliphatic hydroxyl groups excluding tert-OH is 1. The highest BCUT2D eigenvalue weighted by atomic mass is 16.6. The van der Waals surface area contributed by atoms with Gasteiger partial charge in [-0.3, -0.25) is 14.8 Å². The first kappa shape index (κ1) is 9.66. The van der Waals surface area contributed by atoms with Crippen molar-refractivity contribution in [2.24, 2.45) is 0 Å². The Bertz CT molecular complexity index is 319. The third-order valence-electron chi connectivity index (χ3n) is 1.79. The molecule has 6 nitrogen and oxygen atoms in total. The predicted molar refractivity (Wildman–Crippen MR) is 45.3 cm³/mol. The van der Waals surface area contributed by atoms with E-state index in [1.54, 1.807) is 13.8 Å². The molecule has 0 fully saturated rings. The molecule has 1 aromatic rings. The fraction of sp³-hybridized carbons (Fsp3) is 0.571. The fourth-order valence-electron chi connectivity index (χ4n) is 0.811. The second-order valence-corrected chi connectivity index (χ2v) is 3.37. The van der Waals surface area contributed by atoms with E-state index in [4.69, 9.17) is 5.11 Å². The molecule has 0 aromatic carbocycles. The van der Waals surface area contributed by atoms with Gasteiger partial charge in [-0.1, -0.05) is 0 Å². The molecular weight excluding hydrogens is 174 g/mol. The Hall–Kier alpha value is -1.43. The molecule has 1 heterocycles. The van der Waals surface area contributed by atoms with Crippen molar-refractivity contribution in [1.29, 1.82) is 0 Å². The summed E-state index contributed by atoms with van der Waals surface area (Å²) in [5.74, 6) is 0. The van der Waals surface area contributed by atoms with Crippen LogP contribution in [-0.2, 0) is 5.54 Å².